The standard InChI is InChI=1S/C9H7BrClN3O3S3/c1-4(13-15)6-3-18-9(12-6)14-20(16,17)7-2-5(11)8(10)19-7/h2-3,15H,1H3,(H,12,14). The molecule has 0 fully saturated rings. The molecule has 11 heteroatoms. The lowest BCUT2D eigenvalue weighted by Gasteiger charge is -2.01. The van der Waals surface area contributed by atoms with Crippen LogP contribution in [0.25, 0.3) is 0 Å². The summed E-state index contributed by atoms with van der Waals surface area (Å²) in [5, 5.41) is 13.7. The van der Waals surface area contributed by atoms with E-state index in [0.717, 1.165) is 22.7 Å². The molecule has 0 atom stereocenters. The van der Waals surface area contributed by atoms with Crippen LogP contribution in [0, 0.1) is 0 Å². The van der Waals surface area contributed by atoms with Gasteiger partial charge in [0.1, 0.15) is 15.6 Å². The Kier molecular flexibility index (Phi) is 4.69. The lowest BCUT2D eigenvalue weighted by Crippen LogP contribution is -2.11. The highest BCUT2D eigenvalue weighted by Crippen LogP contribution is 2.35. The first-order valence-electron chi connectivity index (χ1n) is 4.95. The Labute approximate surface area is 136 Å². The summed E-state index contributed by atoms with van der Waals surface area (Å²) >= 11 is 11.1. The number of nitrogens with one attached hydrogen (secondary N) is 1. The third kappa shape index (κ3) is 3.31. The van der Waals surface area contributed by atoms with Crippen LogP contribution < -0.4 is 4.72 Å². The zero-order valence-corrected chi connectivity index (χ0v) is 14.6. The van der Waals surface area contributed by atoms with Crippen molar-refractivity contribution in [3.8, 4) is 0 Å². The lowest BCUT2D eigenvalue weighted by atomic mass is 10.3. The first-order chi connectivity index (χ1) is 9.33. The van der Waals surface area contributed by atoms with Crippen LogP contribution in [-0.4, -0.2) is 24.3 Å². The first-order valence-corrected chi connectivity index (χ1v) is 9.30. The molecule has 0 amide bonds. The molecule has 2 rings (SSSR count). The molecule has 0 radical (unpaired) electrons. The summed E-state index contributed by atoms with van der Waals surface area (Å²) < 4.78 is 27.2. The van der Waals surface area contributed by atoms with Gasteiger partial charge < -0.3 is 5.21 Å². The molecule has 0 unspecified atom stereocenters. The van der Waals surface area contributed by atoms with E-state index in [0.29, 0.717) is 20.2 Å². The van der Waals surface area contributed by atoms with Gasteiger partial charge in [-0.2, -0.15) is 0 Å². The summed E-state index contributed by atoms with van der Waals surface area (Å²) in [6.07, 6.45) is 0. The smallest absolute Gasteiger partial charge is 0.273 e. The van der Waals surface area contributed by atoms with Gasteiger partial charge in [-0.05, 0) is 28.9 Å². The van der Waals surface area contributed by atoms with Crippen molar-refractivity contribution in [1.82, 2.24) is 4.98 Å². The quantitative estimate of drug-likeness (QED) is 0.452. The zero-order chi connectivity index (χ0) is 14.9. The van der Waals surface area contributed by atoms with E-state index in [2.05, 4.69) is 30.8 Å². The largest absolute Gasteiger partial charge is 0.411 e. The minimum atomic E-state index is -3.73. The van der Waals surface area contributed by atoms with E-state index < -0.39 is 10.0 Å². The Bertz CT molecular complexity index is 749. The molecule has 0 aliphatic heterocycles. The minimum absolute atomic E-state index is 0.0821. The van der Waals surface area contributed by atoms with Crippen LogP contribution in [0.1, 0.15) is 12.6 Å². The molecule has 0 saturated heterocycles. The molecule has 20 heavy (non-hydrogen) atoms. The fraction of sp³-hybridized carbons (Fsp3) is 0.111. The summed E-state index contributed by atoms with van der Waals surface area (Å²) in [7, 11) is -3.73. The molecular weight excluding hydrogens is 410 g/mol. The van der Waals surface area contributed by atoms with E-state index in [1.165, 1.54) is 6.07 Å². The Hall–Kier alpha value is -0.680. The molecule has 2 N–H and O–H groups in total. The van der Waals surface area contributed by atoms with Gasteiger partial charge in [0.15, 0.2) is 5.13 Å². The van der Waals surface area contributed by atoms with Gasteiger partial charge in [0.25, 0.3) is 10.0 Å². The van der Waals surface area contributed by atoms with Crippen LogP contribution in [0.2, 0.25) is 5.02 Å². The van der Waals surface area contributed by atoms with Crippen molar-refractivity contribution in [3.05, 3.63) is 25.9 Å². The number of hydrogen-bond acceptors (Lipinski definition) is 7. The fourth-order valence-electron chi connectivity index (χ4n) is 1.16. The van der Waals surface area contributed by atoms with Crippen LogP contribution in [0.3, 0.4) is 0 Å². The van der Waals surface area contributed by atoms with Crippen molar-refractivity contribution < 1.29 is 13.6 Å². The number of anilines is 1. The number of nitrogens with zero attached hydrogens (tertiary/aromatic N) is 2. The molecule has 6 nitrogen and oxygen atoms in total. The van der Waals surface area contributed by atoms with Gasteiger partial charge >= 0.3 is 0 Å². The molecule has 2 aromatic heterocycles. The summed E-state index contributed by atoms with van der Waals surface area (Å²) in [5.74, 6) is 0. The van der Waals surface area contributed by atoms with Crippen LogP contribution in [0.4, 0.5) is 5.13 Å². The molecule has 0 aliphatic carbocycles. The number of sulfonamides is 1. The lowest BCUT2D eigenvalue weighted by molar-refractivity contribution is 0.319. The van der Waals surface area contributed by atoms with E-state index in [1.807, 2.05) is 0 Å². The Balaban J connectivity index is 2.27. The molecule has 0 spiro atoms. The maximum Gasteiger partial charge on any atom is 0.273 e. The fourth-order valence-corrected chi connectivity index (χ4v) is 5.57. The van der Waals surface area contributed by atoms with Gasteiger partial charge in [-0.1, -0.05) is 16.8 Å². The second-order valence-electron chi connectivity index (χ2n) is 3.52. The third-order valence-electron chi connectivity index (χ3n) is 2.13. The Morgan fingerprint density at radius 2 is 2.30 bits per heavy atom. The average molecular weight is 417 g/mol. The highest BCUT2D eigenvalue weighted by molar-refractivity contribution is 9.11. The predicted octanol–water partition coefficient (Wildman–Crippen LogP) is 3.62. The Morgan fingerprint density at radius 3 is 2.85 bits per heavy atom. The number of thiazole rings is 1. The number of oxime groups is 1. The highest BCUT2D eigenvalue weighted by Gasteiger charge is 2.20. The number of rotatable bonds is 4. The van der Waals surface area contributed by atoms with Gasteiger partial charge in [0.05, 0.1) is 8.81 Å². The SMILES string of the molecule is CC(=NO)c1csc(NS(=O)(=O)c2cc(Cl)c(Br)s2)n1. The van der Waals surface area contributed by atoms with Crippen LogP contribution in [-0.2, 0) is 10.0 Å². The van der Waals surface area contributed by atoms with E-state index in [4.69, 9.17) is 16.8 Å². The summed E-state index contributed by atoms with van der Waals surface area (Å²) in [5.41, 5.74) is 0.703. The summed E-state index contributed by atoms with van der Waals surface area (Å²) in [4.78, 5) is 4.02. The van der Waals surface area contributed by atoms with Gasteiger partial charge in [0.2, 0.25) is 0 Å². The maximum absolute atomic E-state index is 12.1. The first kappa shape index (κ1) is 15.7. The molecule has 0 aromatic carbocycles. The molecule has 2 heterocycles. The van der Waals surface area contributed by atoms with Gasteiger partial charge in [-0.15, -0.1) is 22.7 Å². The topological polar surface area (TPSA) is 91.7 Å². The van der Waals surface area contributed by atoms with Crippen LogP contribution in [0.15, 0.2) is 24.6 Å². The van der Waals surface area contributed by atoms with Crippen molar-refractivity contribution in [2.24, 2.45) is 5.16 Å². The number of hydrogen-bond donors (Lipinski definition) is 2. The van der Waals surface area contributed by atoms with Crippen molar-refractivity contribution in [2.75, 3.05) is 4.72 Å². The molecular formula is C9H7BrClN3O3S3. The Morgan fingerprint density at radius 1 is 1.60 bits per heavy atom. The minimum Gasteiger partial charge on any atom is -0.411 e. The normalized spacial score (nSPS) is 12.7. The molecule has 0 bridgehead atoms. The highest BCUT2D eigenvalue weighted by atomic mass is 79.9. The van der Waals surface area contributed by atoms with Crippen molar-refractivity contribution >= 4 is 71.1 Å². The predicted molar refractivity (Wildman–Crippen MR) is 83.9 cm³/mol. The molecule has 2 aromatic rings. The second-order valence-corrected chi connectivity index (χ2v) is 9.06. The second kappa shape index (κ2) is 5.98. The molecule has 108 valence electrons. The number of thiophene rings is 1. The molecule has 0 aliphatic rings. The average Bonchev–Trinajstić information content (AvgIpc) is 2.96. The monoisotopic (exact) mass is 415 g/mol. The van der Waals surface area contributed by atoms with E-state index in [9.17, 15) is 8.42 Å². The summed E-state index contributed by atoms with van der Waals surface area (Å²) in [6, 6.07) is 1.35. The van der Waals surface area contributed by atoms with Gasteiger partial charge in [0, 0.05) is 5.38 Å². The maximum atomic E-state index is 12.1. The van der Waals surface area contributed by atoms with Gasteiger partial charge in [-0.25, -0.2) is 13.4 Å². The van der Waals surface area contributed by atoms with Crippen molar-refractivity contribution in [2.45, 2.75) is 11.1 Å². The number of halogens is 2. The van der Waals surface area contributed by atoms with Crippen molar-refractivity contribution in [3.63, 3.8) is 0 Å². The summed E-state index contributed by atoms with van der Waals surface area (Å²) in [6.45, 7) is 1.56. The third-order valence-corrected chi connectivity index (χ3v) is 7.31. The van der Waals surface area contributed by atoms with Gasteiger partial charge in [-0.3, -0.25) is 4.72 Å². The zero-order valence-electron chi connectivity index (χ0n) is 9.79. The van der Waals surface area contributed by atoms with E-state index in [1.54, 1.807) is 12.3 Å². The van der Waals surface area contributed by atoms with E-state index >= 15 is 0 Å². The van der Waals surface area contributed by atoms with E-state index in [-0.39, 0.29) is 9.34 Å². The van der Waals surface area contributed by atoms with Crippen molar-refractivity contribution in [1.29, 1.82) is 0 Å². The van der Waals surface area contributed by atoms with Crippen LogP contribution >= 0.6 is 50.2 Å². The molecule has 0 saturated carbocycles. The number of aromatic nitrogens is 1. The van der Waals surface area contributed by atoms with Crippen LogP contribution in [0.5, 0.6) is 0 Å².